The molecule has 0 aromatic heterocycles. The highest BCUT2D eigenvalue weighted by molar-refractivity contribution is 7.90. The third-order valence-corrected chi connectivity index (χ3v) is 7.50. The molecule has 2 aromatic rings. The number of amidine groups is 1. The molecule has 0 saturated carbocycles. The Hall–Kier alpha value is -3.20. The summed E-state index contributed by atoms with van der Waals surface area (Å²) < 4.78 is 33.9. The van der Waals surface area contributed by atoms with Crippen molar-refractivity contribution >= 4 is 27.7 Å². The minimum absolute atomic E-state index is 0.0718. The van der Waals surface area contributed by atoms with Crippen LogP contribution in [0.2, 0.25) is 0 Å². The molecule has 0 aliphatic carbocycles. The van der Waals surface area contributed by atoms with Gasteiger partial charge < -0.3 is 15.0 Å². The number of nitrogens with zero attached hydrogens (tertiary/aromatic N) is 2. The summed E-state index contributed by atoms with van der Waals surface area (Å²) in [6, 6.07) is 14.9. The summed E-state index contributed by atoms with van der Waals surface area (Å²) in [5, 5.41) is 2.79. The van der Waals surface area contributed by atoms with E-state index >= 15 is 0 Å². The minimum Gasteiger partial charge on any atom is -0.464 e. The molecule has 180 valence electrons. The number of esters is 1. The highest BCUT2D eigenvalue weighted by Crippen LogP contribution is 2.29. The number of carbonyl (C=O) groups is 2. The third kappa shape index (κ3) is 5.64. The number of rotatable bonds is 7. The molecule has 0 bridgehead atoms. The lowest BCUT2D eigenvalue weighted by atomic mass is 9.96. The van der Waals surface area contributed by atoms with Crippen LogP contribution in [0.3, 0.4) is 0 Å². The van der Waals surface area contributed by atoms with Crippen LogP contribution in [0, 0.1) is 12.8 Å². The van der Waals surface area contributed by atoms with Crippen LogP contribution < -0.4 is 5.32 Å². The van der Waals surface area contributed by atoms with Gasteiger partial charge in [0.1, 0.15) is 11.5 Å². The van der Waals surface area contributed by atoms with Gasteiger partial charge in [-0.1, -0.05) is 42.0 Å². The lowest BCUT2D eigenvalue weighted by Crippen LogP contribution is -2.41. The number of nitrogens with one attached hydrogen (secondary N) is 1. The van der Waals surface area contributed by atoms with Gasteiger partial charge in [-0.25, -0.2) is 0 Å². The number of amides is 1. The summed E-state index contributed by atoms with van der Waals surface area (Å²) in [5.74, 6) is -0.148. The highest BCUT2D eigenvalue weighted by Gasteiger charge is 2.34. The molecular weight excluding hydrogens is 454 g/mol. The smallest absolute Gasteiger partial charge is 0.309 e. The van der Waals surface area contributed by atoms with Crippen LogP contribution in [0.5, 0.6) is 0 Å². The number of aryl methyl sites for hydroxylation is 2. The molecule has 2 aliphatic rings. The van der Waals surface area contributed by atoms with Crippen molar-refractivity contribution in [3.8, 4) is 0 Å². The summed E-state index contributed by atoms with van der Waals surface area (Å²) in [4.78, 5) is 26.6. The summed E-state index contributed by atoms with van der Waals surface area (Å²) in [5.41, 5.74) is 2.91. The molecule has 0 spiro atoms. The van der Waals surface area contributed by atoms with Crippen molar-refractivity contribution in [1.82, 2.24) is 10.2 Å². The molecule has 0 unspecified atom stereocenters. The second-order valence-electron chi connectivity index (χ2n) is 8.65. The first-order valence-electron chi connectivity index (χ1n) is 11.5. The maximum Gasteiger partial charge on any atom is 0.309 e. The van der Waals surface area contributed by atoms with E-state index in [9.17, 15) is 18.0 Å². The number of carbonyl (C=O) groups excluding carboxylic acids is 2. The fraction of sp³-hybridized carbons (Fsp3) is 0.400. The number of hydrogen-bond donors (Lipinski definition) is 1. The van der Waals surface area contributed by atoms with Gasteiger partial charge in [0.25, 0.3) is 10.0 Å². The van der Waals surface area contributed by atoms with Crippen LogP contribution >= 0.6 is 0 Å². The zero-order valence-corrected chi connectivity index (χ0v) is 20.0. The van der Waals surface area contributed by atoms with E-state index in [2.05, 4.69) is 9.71 Å². The van der Waals surface area contributed by atoms with Crippen LogP contribution in [-0.4, -0.2) is 57.3 Å². The van der Waals surface area contributed by atoms with E-state index in [1.54, 1.807) is 24.3 Å². The lowest BCUT2D eigenvalue weighted by molar-refractivity contribution is -0.150. The van der Waals surface area contributed by atoms with E-state index in [-0.39, 0.29) is 35.8 Å². The molecule has 2 heterocycles. The third-order valence-electron chi connectivity index (χ3n) is 6.17. The summed E-state index contributed by atoms with van der Waals surface area (Å²) >= 11 is 0. The second kappa shape index (κ2) is 10.4. The molecule has 2 aromatic carbocycles. The molecule has 0 radical (unpaired) electrons. The van der Waals surface area contributed by atoms with Crippen LogP contribution in [0.25, 0.3) is 0 Å². The van der Waals surface area contributed by atoms with E-state index in [1.165, 1.54) is 5.56 Å². The number of hydrogen-bond acceptors (Lipinski definition) is 6. The Labute approximate surface area is 200 Å². The Morgan fingerprint density at radius 2 is 1.79 bits per heavy atom. The van der Waals surface area contributed by atoms with Gasteiger partial charge in [-0.2, -0.15) is 8.42 Å². The molecule has 1 N–H and O–H groups in total. The molecule has 1 saturated heterocycles. The Morgan fingerprint density at radius 1 is 1.09 bits per heavy atom. The highest BCUT2D eigenvalue weighted by atomic mass is 32.2. The van der Waals surface area contributed by atoms with Crippen molar-refractivity contribution in [2.45, 2.75) is 37.5 Å². The van der Waals surface area contributed by atoms with E-state index in [4.69, 9.17) is 4.74 Å². The number of likely N-dealkylation sites (tertiary alicyclic amines) is 1. The number of fused-ring (bicyclic) bond motifs is 1. The van der Waals surface area contributed by atoms with Crippen molar-refractivity contribution < 1.29 is 22.7 Å². The van der Waals surface area contributed by atoms with Gasteiger partial charge in [0.2, 0.25) is 5.91 Å². The Balaban J connectivity index is 1.16. The lowest BCUT2D eigenvalue weighted by Gasteiger charge is -2.32. The van der Waals surface area contributed by atoms with Gasteiger partial charge in [-0.3, -0.25) is 9.59 Å². The van der Waals surface area contributed by atoms with Crippen molar-refractivity contribution in [2.75, 3.05) is 26.2 Å². The first-order valence-corrected chi connectivity index (χ1v) is 13.0. The van der Waals surface area contributed by atoms with Crippen LogP contribution in [0.15, 0.2) is 57.8 Å². The fourth-order valence-electron chi connectivity index (χ4n) is 4.20. The van der Waals surface area contributed by atoms with Crippen molar-refractivity contribution in [1.29, 1.82) is 0 Å². The maximum absolute atomic E-state index is 12.4. The number of sulfonamides is 1. The molecule has 9 heteroatoms. The molecule has 1 amide bonds. The van der Waals surface area contributed by atoms with Crippen molar-refractivity contribution in [3.63, 3.8) is 0 Å². The van der Waals surface area contributed by atoms with E-state index in [0.29, 0.717) is 50.2 Å². The van der Waals surface area contributed by atoms with Crippen LogP contribution in [-0.2, 0) is 30.8 Å². The summed E-state index contributed by atoms with van der Waals surface area (Å²) in [6.45, 7) is 3.49. The largest absolute Gasteiger partial charge is 0.464 e. The fourth-order valence-corrected chi connectivity index (χ4v) is 5.43. The first kappa shape index (κ1) is 23.9. The molecule has 8 nitrogen and oxygen atoms in total. The topological polar surface area (TPSA) is 105 Å². The molecule has 1 fully saturated rings. The first-order chi connectivity index (χ1) is 16.3. The Bertz CT molecular complexity index is 1180. The predicted octanol–water partition coefficient (Wildman–Crippen LogP) is 2.45. The SMILES string of the molecule is Cc1ccc(CCC(=O)NCCOC(=O)C2CCN(C3=NS(=O)(=O)c4ccccc43)CC2)cc1. The summed E-state index contributed by atoms with van der Waals surface area (Å²) in [6.07, 6.45) is 2.17. The normalized spacial score (nSPS) is 17.1. The van der Waals surface area contributed by atoms with E-state index in [0.717, 1.165) is 5.56 Å². The Kier molecular flexibility index (Phi) is 7.31. The van der Waals surface area contributed by atoms with Gasteiger partial charge in [-0.15, -0.1) is 4.40 Å². The number of ether oxygens (including phenoxy) is 1. The van der Waals surface area contributed by atoms with Gasteiger partial charge in [0.15, 0.2) is 5.84 Å². The van der Waals surface area contributed by atoms with Gasteiger partial charge in [-0.05, 0) is 43.9 Å². The standard InChI is InChI=1S/C25H29N3O5S/c1-18-6-8-19(9-7-18)10-11-23(29)26-14-17-33-25(30)20-12-15-28(16-13-20)24-21-4-2-3-5-22(21)34(31,32)27-24/h2-9,20H,10-17H2,1H3,(H,26,29). The molecule has 2 aliphatic heterocycles. The van der Waals surface area contributed by atoms with E-state index in [1.807, 2.05) is 36.1 Å². The predicted molar refractivity (Wildman–Crippen MR) is 128 cm³/mol. The van der Waals surface area contributed by atoms with E-state index < -0.39 is 10.0 Å². The van der Waals surface area contributed by atoms with Gasteiger partial charge >= 0.3 is 5.97 Å². The minimum atomic E-state index is -3.66. The molecular formula is C25H29N3O5S. The van der Waals surface area contributed by atoms with Crippen LogP contribution in [0.1, 0.15) is 36.0 Å². The molecule has 34 heavy (non-hydrogen) atoms. The number of benzene rings is 2. The molecule has 0 atom stereocenters. The number of piperidine rings is 1. The van der Waals surface area contributed by atoms with Gasteiger partial charge in [0, 0.05) is 25.1 Å². The van der Waals surface area contributed by atoms with Crippen molar-refractivity contribution in [2.24, 2.45) is 10.3 Å². The average Bonchev–Trinajstić information content (AvgIpc) is 3.12. The average molecular weight is 484 g/mol. The quantitative estimate of drug-likeness (QED) is 0.479. The zero-order chi connectivity index (χ0) is 24.1. The maximum atomic E-state index is 12.4. The monoisotopic (exact) mass is 483 g/mol. The zero-order valence-electron chi connectivity index (χ0n) is 19.2. The molecule has 4 rings (SSSR count). The van der Waals surface area contributed by atoms with Gasteiger partial charge in [0.05, 0.1) is 12.5 Å². The van der Waals surface area contributed by atoms with Crippen LogP contribution in [0.4, 0.5) is 0 Å². The second-order valence-corrected chi connectivity index (χ2v) is 10.2. The van der Waals surface area contributed by atoms with Crippen molar-refractivity contribution in [3.05, 3.63) is 65.2 Å². The summed E-state index contributed by atoms with van der Waals surface area (Å²) in [7, 11) is -3.66. The Morgan fingerprint density at radius 3 is 2.53 bits per heavy atom.